The zero-order chi connectivity index (χ0) is 13.7. The van der Waals surface area contributed by atoms with E-state index in [0.717, 1.165) is 4.90 Å². The normalized spacial score (nSPS) is 10.7. The molecule has 0 aliphatic heterocycles. The van der Waals surface area contributed by atoms with Gasteiger partial charge in [0.05, 0.1) is 18.7 Å². The summed E-state index contributed by atoms with van der Waals surface area (Å²) >= 11 is 0. The van der Waals surface area contributed by atoms with E-state index in [2.05, 4.69) is 4.98 Å². The lowest BCUT2D eigenvalue weighted by molar-refractivity contribution is 0.0696. The predicted molar refractivity (Wildman–Crippen MR) is 61.2 cm³/mol. The summed E-state index contributed by atoms with van der Waals surface area (Å²) < 4.78 is 24.8. The molecule has 0 aromatic carbocycles. The van der Waals surface area contributed by atoms with Crippen molar-refractivity contribution in [1.29, 1.82) is 0 Å². The van der Waals surface area contributed by atoms with Crippen LogP contribution < -0.4 is 4.90 Å². The van der Waals surface area contributed by atoms with Gasteiger partial charge in [-0.1, -0.05) is 0 Å². The number of carboxylic acid groups (broad SMARTS) is 1. The third-order valence-electron chi connectivity index (χ3n) is 2.24. The van der Waals surface area contributed by atoms with Gasteiger partial charge in [0, 0.05) is 12.2 Å². The minimum Gasteiger partial charge on any atom is -0.478 e. The highest BCUT2D eigenvalue weighted by atomic mass is 19.3. The fraction of sp³-hybridized carbons (Fsp3) is 0.455. The first-order valence-electron chi connectivity index (χ1n) is 5.30. The SMILES string of the molecule is Cc1cc(C(=O)O)cc(N(CCO)CC(F)F)n1. The number of aryl methyl sites for hydroxylation is 1. The minimum absolute atomic E-state index is 0.0188. The molecule has 0 aliphatic rings. The minimum atomic E-state index is -2.59. The Labute approximate surface area is 103 Å². The average molecular weight is 260 g/mol. The van der Waals surface area contributed by atoms with Crippen LogP contribution in [0.3, 0.4) is 0 Å². The number of alkyl halides is 2. The van der Waals surface area contributed by atoms with Gasteiger partial charge < -0.3 is 15.1 Å². The molecule has 18 heavy (non-hydrogen) atoms. The Hall–Kier alpha value is -1.76. The molecule has 0 spiro atoms. The molecule has 0 aliphatic carbocycles. The second-order valence-corrected chi connectivity index (χ2v) is 3.72. The van der Waals surface area contributed by atoms with Crippen LogP contribution in [0.1, 0.15) is 16.1 Å². The van der Waals surface area contributed by atoms with Crippen molar-refractivity contribution in [3.63, 3.8) is 0 Å². The van der Waals surface area contributed by atoms with E-state index < -0.39 is 18.9 Å². The molecule has 1 heterocycles. The molecule has 0 unspecified atom stereocenters. The van der Waals surface area contributed by atoms with Crippen molar-refractivity contribution < 1.29 is 23.8 Å². The second kappa shape index (κ2) is 6.25. The average Bonchev–Trinajstić information content (AvgIpc) is 2.27. The summed E-state index contributed by atoms with van der Waals surface area (Å²) in [5, 5.41) is 17.7. The molecule has 1 aromatic rings. The van der Waals surface area contributed by atoms with E-state index in [-0.39, 0.29) is 24.5 Å². The predicted octanol–water partition coefficient (Wildman–Crippen LogP) is 1.15. The number of carboxylic acids is 1. The standard InChI is InChI=1S/C11H14F2N2O3/c1-7-4-8(11(17)18)5-10(14-7)15(2-3-16)6-9(12)13/h4-5,9,16H,2-3,6H2,1H3,(H,17,18). The maximum atomic E-state index is 12.4. The molecule has 0 bridgehead atoms. The van der Waals surface area contributed by atoms with Crippen LogP contribution in [-0.4, -0.2) is 47.3 Å². The van der Waals surface area contributed by atoms with Gasteiger partial charge in [-0.3, -0.25) is 0 Å². The van der Waals surface area contributed by atoms with Crippen LogP contribution in [0.25, 0.3) is 0 Å². The maximum Gasteiger partial charge on any atom is 0.335 e. The fourth-order valence-electron chi connectivity index (χ4n) is 1.52. The third-order valence-corrected chi connectivity index (χ3v) is 2.24. The Kier molecular flexibility index (Phi) is 4.96. The van der Waals surface area contributed by atoms with E-state index in [1.807, 2.05) is 0 Å². The van der Waals surface area contributed by atoms with Gasteiger partial charge in [-0.2, -0.15) is 0 Å². The lowest BCUT2D eigenvalue weighted by Crippen LogP contribution is -2.32. The van der Waals surface area contributed by atoms with Crippen molar-refractivity contribution in [2.45, 2.75) is 13.3 Å². The first kappa shape index (κ1) is 14.3. The van der Waals surface area contributed by atoms with Crippen LogP contribution >= 0.6 is 0 Å². The van der Waals surface area contributed by atoms with Gasteiger partial charge in [-0.15, -0.1) is 0 Å². The first-order chi connectivity index (χ1) is 8.43. The summed E-state index contributed by atoms with van der Waals surface area (Å²) in [5.74, 6) is -1.02. The molecule has 2 N–H and O–H groups in total. The number of rotatable bonds is 6. The van der Waals surface area contributed by atoms with E-state index in [4.69, 9.17) is 10.2 Å². The number of aliphatic hydroxyl groups is 1. The van der Waals surface area contributed by atoms with Crippen LogP contribution in [0.15, 0.2) is 12.1 Å². The number of aromatic carboxylic acids is 1. The molecule has 7 heteroatoms. The number of nitrogens with zero attached hydrogens (tertiary/aromatic N) is 2. The van der Waals surface area contributed by atoms with Crippen LogP contribution in [0.2, 0.25) is 0 Å². The summed E-state index contributed by atoms with van der Waals surface area (Å²) in [6.45, 7) is 0.635. The molecular weight excluding hydrogens is 246 g/mol. The van der Waals surface area contributed by atoms with Gasteiger partial charge in [0.15, 0.2) is 0 Å². The third kappa shape index (κ3) is 3.92. The molecule has 1 aromatic heterocycles. The highest BCUT2D eigenvalue weighted by Gasteiger charge is 2.16. The van der Waals surface area contributed by atoms with E-state index >= 15 is 0 Å². The molecule has 1 rings (SSSR count). The summed E-state index contributed by atoms with van der Waals surface area (Å²) in [5.41, 5.74) is 0.400. The Balaban J connectivity index is 3.06. The van der Waals surface area contributed by atoms with Gasteiger partial charge in [-0.25, -0.2) is 18.6 Å². The second-order valence-electron chi connectivity index (χ2n) is 3.72. The number of pyridine rings is 1. The van der Waals surface area contributed by atoms with Gasteiger partial charge >= 0.3 is 5.97 Å². The van der Waals surface area contributed by atoms with Crippen molar-refractivity contribution >= 4 is 11.8 Å². The van der Waals surface area contributed by atoms with Gasteiger partial charge in [0.1, 0.15) is 5.82 Å². The molecule has 0 saturated carbocycles. The largest absolute Gasteiger partial charge is 0.478 e. The van der Waals surface area contributed by atoms with Crippen LogP contribution in [0.5, 0.6) is 0 Å². The molecule has 100 valence electrons. The smallest absolute Gasteiger partial charge is 0.335 e. The molecule has 0 atom stereocenters. The quantitative estimate of drug-likeness (QED) is 0.802. The number of anilines is 1. The number of aromatic nitrogens is 1. The van der Waals surface area contributed by atoms with Gasteiger partial charge in [-0.05, 0) is 19.1 Å². The Bertz CT molecular complexity index is 427. The number of aliphatic hydroxyl groups excluding tert-OH is 1. The summed E-state index contributed by atoms with van der Waals surface area (Å²) in [6, 6.07) is 2.57. The lowest BCUT2D eigenvalue weighted by atomic mass is 10.2. The molecule has 0 saturated heterocycles. The van der Waals surface area contributed by atoms with Crippen LogP contribution in [0, 0.1) is 6.92 Å². The van der Waals surface area contributed by atoms with Gasteiger partial charge in [0.25, 0.3) is 6.43 Å². The number of hydrogen-bond donors (Lipinski definition) is 2. The zero-order valence-corrected chi connectivity index (χ0v) is 9.81. The van der Waals surface area contributed by atoms with E-state index in [0.29, 0.717) is 5.69 Å². The topological polar surface area (TPSA) is 73.7 Å². The monoisotopic (exact) mass is 260 g/mol. The Morgan fingerprint density at radius 1 is 1.50 bits per heavy atom. The highest BCUT2D eigenvalue weighted by molar-refractivity contribution is 5.88. The van der Waals surface area contributed by atoms with Gasteiger partial charge in [0.2, 0.25) is 0 Å². The van der Waals surface area contributed by atoms with Crippen molar-refractivity contribution in [2.75, 3.05) is 24.6 Å². The molecule has 0 radical (unpaired) electrons. The highest BCUT2D eigenvalue weighted by Crippen LogP contribution is 2.16. The lowest BCUT2D eigenvalue weighted by Gasteiger charge is -2.22. The van der Waals surface area contributed by atoms with E-state index in [1.54, 1.807) is 6.92 Å². The van der Waals surface area contributed by atoms with Crippen molar-refractivity contribution in [3.05, 3.63) is 23.4 Å². The number of halogens is 2. The van der Waals surface area contributed by atoms with Crippen molar-refractivity contribution in [1.82, 2.24) is 4.98 Å². The fourth-order valence-corrected chi connectivity index (χ4v) is 1.52. The number of carbonyl (C=O) groups is 1. The summed E-state index contributed by atoms with van der Waals surface area (Å²) in [6.07, 6.45) is -2.59. The molecule has 0 amide bonds. The zero-order valence-electron chi connectivity index (χ0n) is 9.81. The number of hydrogen-bond acceptors (Lipinski definition) is 4. The maximum absolute atomic E-state index is 12.4. The Morgan fingerprint density at radius 3 is 2.67 bits per heavy atom. The van der Waals surface area contributed by atoms with Crippen LogP contribution in [0.4, 0.5) is 14.6 Å². The molecular formula is C11H14F2N2O3. The summed E-state index contributed by atoms with van der Waals surface area (Å²) in [4.78, 5) is 16.0. The molecule has 0 fully saturated rings. The molecule has 5 nitrogen and oxygen atoms in total. The first-order valence-corrected chi connectivity index (χ1v) is 5.30. The van der Waals surface area contributed by atoms with Crippen molar-refractivity contribution in [3.8, 4) is 0 Å². The van der Waals surface area contributed by atoms with E-state index in [1.165, 1.54) is 12.1 Å². The summed E-state index contributed by atoms with van der Waals surface area (Å²) in [7, 11) is 0. The Morgan fingerprint density at radius 2 is 2.17 bits per heavy atom. The van der Waals surface area contributed by atoms with E-state index in [9.17, 15) is 13.6 Å². The van der Waals surface area contributed by atoms with Crippen molar-refractivity contribution in [2.24, 2.45) is 0 Å². The van der Waals surface area contributed by atoms with Crippen LogP contribution in [-0.2, 0) is 0 Å².